The highest BCUT2D eigenvalue weighted by Crippen LogP contribution is 2.26. The molecule has 0 bridgehead atoms. The molecule has 1 N–H and O–H groups in total. The van der Waals surface area contributed by atoms with Crippen LogP contribution in [0.2, 0.25) is 5.02 Å². The Morgan fingerprint density at radius 1 is 1.50 bits per heavy atom. The molecule has 6 heteroatoms. The van der Waals surface area contributed by atoms with Gasteiger partial charge in [0.2, 0.25) is 0 Å². The zero-order valence-corrected chi connectivity index (χ0v) is 11.3. The Morgan fingerprint density at radius 3 is 2.94 bits per heavy atom. The number of thioether (sulfide) groups is 1. The molecule has 0 fully saturated rings. The number of halogens is 2. The summed E-state index contributed by atoms with van der Waals surface area (Å²) in [6.45, 7) is -0.0508. The standard InChI is InChI=1S/C12H12ClFN2OS/c1-16-10(6-17)5-15-12(16)18-7-8-4-9(14)2-3-11(8)13/h2-5,17H,6-7H2,1H3. The molecule has 1 aromatic carbocycles. The summed E-state index contributed by atoms with van der Waals surface area (Å²) >= 11 is 7.44. The van der Waals surface area contributed by atoms with Crippen LogP contribution in [0.15, 0.2) is 29.6 Å². The first-order valence-electron chi connectivity index (χ1n) is 5.30. The molecule has 0 saturated carbocycles. The minimum Gasteiger partial charge on any atom is -0.390 e. The maximum atomic E-state index is 13.1. The molecule has 0 amide bonds. The third-order valence-electron chi connectivity index (χ3n) is 2.57. The summed E-state index contributed by atoms with van der Waals surface area (Å²) in [5.74, 6) is 0.234. The van der Waals surface area contributed by atoms with Gasteiger partial charge >= 0.3 is 0 Å². The Balaban J connectivity index is 2.11. The second-order valence-corrected chi connectivity index (χ2v) is 5.12. The average Bonchev–Trinajstić information content (AvgIpc) is 2.71. The molecular formula is C12H12ClFN2OS. The molecule has 0 saturated heterocycles. The summed E-state index contributed by atoms with van der Waals surface area (Å²) in [5.41, 5.74) is 1.47. The van der Waals surface area contributed by atoms with Gasteiger partial charge in [-0.15, -0.1) is 0 Å². The summed E-state index contributed by atoms with van der Waals surface area (Å²) < 4.78 is 14.9. The first-order chi connectivity index (χ1) is 8.61. The molecule has 1 heterocycles. The Morgan fingerprint density at radius 2 is 2.28 bits per heavy atom. The van der Waals surface area contributed by atoms with Gasteiger partial charge in [0.15, 0.2) is 5.16 Å². The number of hydrogen-bond acceptors (Lipinski definition) is 3. The summed E-state index contributed by atoms with van der Waals surface area (Å²) in [4.78, 5) is 4.18. The summed E-state index contributed by atoms with van der Waals surface area (Å²) in [6.07, 6.45) is 1.62. The first-order valence-corrected chi connectivity index (χ1v) is 6.66. The van der Waals surface area contributed by atoms with Crippen LogP contribution >= 0.6 is 23.4 Å². The lowest BCUT2D eigenvalue weighted by molar-refractivity contribution is 0.271. The number of nitrogens with zero attached hydrogens (tertiary/aromatic N) is 2. The van der Waals surface area contributed by atoms with Crippen LogP contribution in [0.5, 0.6) is 0 Å². The van der Waals surface area contributed by atoms with Gasteiger partial charge in [-0.3, -0.25) is 0 Å². The fourth-order valence-electron chi connectivity index (χ4n) is 1.50. The number of aliphatic hydroxyl groups excluding tert-OH is 1. The van der Waals surface area contributed by atoms with Crippen LogP contribution in [0, 0.1) is 5.82 Å². The zero-order valence-electron chi connectivity index (χ0n) is 9.73. The smallest absolute Gasteiger partial charge is 0.168 e. The van der Waals surface area contributed by atoms with Crippen molar-refractivity contribution >= 4 is 23.4 Å². The summed E-state index contributed by atoms with van der Waals surface area (Å²) in [5, 5.41) is 10.4. The molecule has 18 heavy (non-hydrogen) atoms. The molecule has 0 atom stereocenters. The van der Waals surface area contributed by atoms with Gasteiger partial charge in [0, 0.05) is 17.8 Å². The van der Waals surface area contributed by atoms with Crippen LogP contribution in [-0.2, 0) is 19.4 Å². The van der Waals surface area contributed by atoms with Crippen molar-refractivity contribution in [3.8, 4) is 0 Å². The van der Waals surface area contributed by atoms with Crippen LogP contribution in [0.4, 0.5) is 4.39 Å². The second-order valence-electron chi connectivity index (χ2n) is 3.77. The van der Waals surface area contributed by atoms with Crippen molar-refractivity contribution in [1.82, 2.24) is 9.55 Å². The SMILES string of the molecule is Cn1c(CO)cnc1SCc1cc(F)ccc1Cl. The van der Waals surface area contributed by atoms with E-state index in [0.29, 0.717) is 10.8 Å². The van der Waals surface area contributed by atoms with E-state index in [1.165, 1.54) is 23.9 Å². The lowest BCUT2D eigenvalue weighted by atomic mass is 10.2. The van der Waals surface area contributed by atoms with Gasteiger partial charge in [-0.1, -0.05) is 23.4 Å². The molecule has 96 valence electrons. The predicted molar refractivity (Wildman–Crippen MR) is 70.1 cm³/mol. The molecule has 0 spiro atoms. The molecule has 0 aliphatic heterocycles. The number of aromatic nitrogens is 2. The van der Waals surface area contributed by atoms with Gasteiger partial charge < -0.3 is 9.67 Å². The largest absolute Gasteiger partial charge is 0.390 e. The molecule has 3 nitrogen and oxygen atoms in total. The Kier molecular flexibility index (Phi) is 4.27. The molecular weight excluding hydrogens is 275 g/mol. The lowest BCUT2D eigenvalue weighted by Gasteiger charge is -2.05. The van der Waals surface area contributed by atoms with Gasteiger partial charge in [-0.25, -0.2) is 9.37 Å². The monoisotopic (exact) mass is 286 g/mol. The zero-order chi connectivity index (χ0) is 13.1. The lowest BCUT2D eigenvalue weighted by Crippen LogP contribution is -1.97. The maximum Gasteiger partial charge on any atom is 0.168 e. The van der Waals surface area contributed by atoms with Crippen molar-refractivity contribution in [2.45, 2.75) is 17.5 Å². The number of aliphatic hydroxyl groups is 1. The Bertz CT molecular complexity index is 559. The van der Waals surface area contributed by atoms with Gasteiger partial charge in [-0.05, 0) is 23.8 Å². The molecule has 0 aliphatic rings. The van der Waals surface area contributed by atoms with E-state index in [-0.39, 0.29) is 12.4 Å². The van der Waals surface area contributed by atoms with E-state index in [2.05, 4.69) is 4.98 Å². The van der Waals surface area contributed by atoms with Crippen molar-refractivity contribution < 1.29 is 9.50 Å². The second kappa shape index (κ2) is 5.73. The van der Waals surface area contributed by atoms with Crippen molar-refractivity contribution in [3.63, 3.8) is 0 Å². The van der Waals surface area contributed by atoms with Gasteiger partial charge in [-0.2, -0.15) is 0 Å². The third-order valence-corrected chi connectivity index (χ3v) is 4.03. The van der Waals surface area contributed by atoms with Crippen LogP contribution in [-0.4, -0.2) is 14.7 Å². The number of hydrogen-bond donors (Lipinski definition) is 1. The van der Waals surface area contributed by atoms with Gasteiger partial charge in [0.05, 0.1) is 18.5 Å². The van der Waals surface area contributed by atoms with Crippen molar-refractivity contribution in [1.29, 1.82) is 0 Å². The van der Waals surface area contributed by atoms with Crippen LogP contribution in [0.3, 0.4) is 0 Å². The number of benzene rings is 1. The van der Waals surface area contributed by atoms with Crippen molar-refractivity contribution in [2.24, 2.45) is 7.05 Å². The molecule has 1 aromatic heterocycles. The highest BCUT2D eigenvalue weighted by molar-refractivity contribution is 7.98. The normalized spacial score (nSPS) is 10.9. The minimum atomic E-state index is -0.300. The Labute approximate surface area is 114 Å². The number of rotatable bonds is 4. The molecule has 0 unspecified atom stereocenters. The van der Waals surface area contributed by atoms with E-state index in [1.54, 1.807) is 16.8 Å². The Hall–Kier alpha value is -1.04. The highest BCUT2D eigenvalue weighted by Gasteiger charge is 2.08. The molecule has 2 aromatic rings. The maximum absolute atomic E-state index is 13.1. The minimum absolute atomic E-state index is 0.0508. The van der Waals surface area contributed by atoms with Crippen LogP contribution in [0.1, 0.15) is 11.3 Å². The van der Waals surface area contributed by atoms with Crippen molar-refractivity contribution in [2.75, 3.05) is 0 Å². The van der Waals surface area contributed by atoms with E-state index in [4.69, 9.17) is 16.7 Å². The van der Waals surface area contributed by atoms with Gasteiger partial charge in [0.1, 0.15) is 5.82 Å². The van der Waals surface area contributed by atoms with Crippen LogP contribution < -0.4 is 0 Å². The van der Waals surface area contributed by atoms with E-state index < -0.39 is 0 Å². The van der Waals surface area contributed by atoms with E-state index in [0.717, 1.165) is 16.4 Å². The number of imidazole rings is 1. The topological polar surface area (TPSA) is 38.0 Å². The summed E-state index contributed by atoms with van der Waals surface area (Å²) in [7, 11) is 1.83. The highest BCUT2D eigenvalue weighted by atomic mass is 35.5. The van der Waals surface area contributed by atoms with E-state index in [9.17, 15) is 4.39 Å². The quantitative estimate of drug-likeness (QED) is 0.878. The fraction of sp³-hybridized carbons (Fsp3) is 0.250. The predicted octanol–water partition coefficient (Wildman–Crippen LogP) is 3.00. The first kappa shape index (κ1) is 13.4. The van der Waals surface area contributed by atoms with E-state index in [1.807, 2.05) is 7.05 Å². The fourth-order valence-corrected chi connectivity index (χ4v) is 2.73. The third kappa shape index (κ3) is 2.85. The summed E-state index contributed by atoms with van der Waals surface area (Å²) in [6, 6.07) is 4.30. The molecule has 0 aliphatic carbocycles. The average molecular weight is 287 g/mol. The van der Waals surface area contributed by atoms with E-state index >= 15 is 0 Å². The molecule has 0 radical (unpaired) electrons. The van der Waals surface area contributed by atoms with Gasteiger partial charge in [0.25, 0.3) is 0 Å². The molecule has 2 rings (SSSR count). The van der Waals surface area contributed by atoms with Crippen LogP contribution in [0.25, 0.3) is 0 Å². The van der Waals surface area contributed by atoms with Crippen molar-refractivity contribution in [3.05, 3.63) is 46.5 Å².